The van der Waals surface area contributed by atoms with Crippen molar-refractivity contribution in [2.24, 2.45) is 0 Å². The number of nitrogens with zero attached hydrogens (tertiary/aromatic N) is 1. The zero-order valence-corrected chi connectivity index (χ0v) is 21.4. The van der Waals surface area contributed by atoms with Gasteiger partial charge in [0.05, 0.1) is 12.1 Å². The van der Waals surface area contributed by atoms with Gasteiger partial charge in [-0.3, -0.25) is 9.59 Å². The number of thiophene rings is 1. The Kier molecular flexibility index (Phi) is 9.11. The molecule has 1 aliphatic rings. The molecule has 3 aromatic rings. The van der Waals surface area contributed by atoms with Crippen LogP contribution in [0.15, 0.2) is 65.4 Å². The van der Waals surface area contributed by atoms with Gasteiger partial charge in [-0.25, -0.2) is 0 Å². The van der Waals surface area contributed by atoms with Crippen molar-refractivity contribution in [3.8, 4) is 0 Å². The lowest BCUT2D eigenvalue weighted by Crippen LogP contribution is -2.48. The van der Waals surface area contributed by atoms with Crippen LogP contribution in [0.2, 0.25) is 0 Å². The van der Waals surface area contributed by atoms with E-state index in [-0.39, 0.29) is 11.8 Å². The Bertz CT molecular complexity index is 1140. The van der Waals surface area contributed by atoms with Crippen LogP contribution in [0.1, 0.15) is 41.3 Å². The summed E-state index contributed by atoms with van der Waals surface area (Å²) in [5, 5.41) is 24.8. The fourth-order valence-electron chi connectivity index (χ4n) is 4.43. The van der Waals surface area contributed by atoms with Crippen LogP contribution in [0.5, 0.6) is 0 Å². The molecule has 190 valence electrons. The van der Waals surface area contributed by atoms with E-state index in [1.807, 2.05) is 54.8 Å². The maximum atomic E-state index is 13.4. The number of carbonyl (C=O) groups excluding carboxylic acids is 2. The Hall–Kier alpha value is -3.20. The minimum Gasteiger partial charge on any atom is -0.390 e. The second-order valence-corrected chi connectivity index (χ2v) is 9.83. The van der Waals surface area contributed by atoms with Crippen LogP contribution in [0.4, 0.5) is 11.4 Å². The standard InChI is InChI=1S/C28H34N4O3S/c1-2-30-23-14-22(15-24(16-23)32-11-6-9-27(32)34)28(35)31-25(13-20-7-4-3-5-8-20)26(33)18-29-17-21-10-12-36-19-21/h3-5,7-8,10,12,14-16,19,25-26,29-30,33H,2,6,9,11,13,17-18H2,1H3,(H,31,35)/t25-,26-/m0/s1. The van der Waals surface area contributed by atoms with Crippen LogP contribution in [0.3, 0.4) is 0 Å². The molecule has 0 aliphatic carbocycles. The third-order valence-electron chi connectivity index (χ3n) is 6.29. The molecule has 0 spiro atoms. The van der Waals surface area contributed by atoms with Crippen LogP contribution >= 0.6 is 11.3 Å². The van der Waals surface area contributed by atoms with E-state index in [1.165, 1.54) is 5.56 Å². The van der Waals surface area contributed by atoms with Gasteiger partial charge in [0.25, 0.3) is 5.91 Å². The lowest BCUT2D eigenvalue weighted by Gasteiger charge is -2.25. The van der Waals surface area contributed by atoms with Crippen molar-refractivity contribution in [2.75, 3.05) is 29.9 Å². The Labute approximate surface area is 216 Å². The second kappa shape index (κ2) is 12.7. The molecular formula is C28H34N4O3S. The van der Waals surface area contributed by atoms with Crippen LogP contribution < -0.4 is 20.9 Å². The summed E-state index contributed by atoms with van der Waals surface area (Å²) in [7, 11) is 0. The summed E-state index contributed by atoms with van der Waals surface area (Å²) < 4.78 is 0. The quantitative estimate of drug-likeness (QED) is 0.300. The Morgan fingerprint density at radius 1 is 1.14 bits per heavy atom. The number of rotatable bonds is 12. The lowest BCUT2D eigenvalue weighted by atomic mass is 10.00. The molecule has 1 fully saturated rings. The molecule has 4 rings (SSSR count). The first-order chi connectivity index (χ1) is 17.5. The highest BCUT2D eigenvalue weighted by Crippen LogP contribution is 2.27. The first-order valence-corrected chi connectivity index (χ1v) is 13.4. The number of nitrogens with one attached hydrogen (secondary N) is 3. The zero-order valence-electron chi connectivity index (χ0n) is 20.6. The van der Waals surface area contributed by atoms with E-state index in [0.717, 1.165) is 23.4 Å². The molecule has 0 saturated carbocycles. The van der Waals surface area contributed by atoms with Crippen molar-refractivity contribution in [1.82, 2.24) is 10.6 Å². The minimum absolute atomic E-state index is 0.0732. The molecular weight excluding hydrogens is 472 g/mol. The van der Waals surface area contributed by atoms with Gasteiger partial charge in [-0.1, -0.05) is 30.3 Å². The van der Waals surface area contributed by atoms with Crippen molar-refractivity contribution in [3.63, 3.8) is 0 Å². The van der Waals surface area contributed by atoms with E-state index in [4.69, 9.17) is 0 Å². The Morgan fingerprint density at radius 2 is 1.97 bits per heavy atom. The molecule has 8 heteroatoms. The number of anilines is 2. The van der Waals surface area contributed by atoms with E-state index in [1.54, 1.807) is 28.4 Å². The Balaban J connectivity index is 1.51. The summed E-state index contributed by atoms with van der Waals surface area (Å²) >= 11 is 1.64. The van der Waals surface area contributed by atoms with E-state index in [0.29, 0.717) is 44.6 Å². The molecule has 2 atom stereocenters. The summed E-state index contributed by atoms with van der Waals surface area (Å²) in [6.07, 6.45) is 1.05. The zero-order chi connectivity index (χ0) is 25.3. The summed E-state index contributed by atoms with van der Waals surface area (Å²) in [6.45, 7) is 4.34. The maximum Gasteiger partial charge on any atom is 0.251 e. The molecule has 0 radical (unpaired) electrons. The number of hydrogen-bond acceptors (Lipinski definition) is 6. The van der Waals surface area contributed by atoms with Crippen LogP contribution in [-0.2, 0) is 17.8 Å². The predicted octanol–water partition coefficient (Wildman–Crippen LogP) is 3.80. The van der Waals surface area contributed by atoms with Gasteiger partial charge >= 0.3 is 0 Å². The molecule has 1 aliphatic heterocycles. The van der Waals surface area contributed by atoms with Gasteiger partial charge in [0.1, 0.15) is 0 Å². The van der Waals surface area contributed by atoms with Crippen molar-refractivity contribution in [1.29, 1.82) is 0 Å². The van der Waals surface area contributed by atoms with Gasteiger partial charge in [-0.15, -0.1) is 0 Å². The van der Waals surface area contributed by atoms with E-state index < -0.39 is 12.1 Å². The van der Waals surface area contributed by atoms with E-state index in [9.17, 15) is 14.7 Å². The van der Waals surface area contributed by atoms with Gasteiger partial charge in [-0.2, -0.15) is 11.3 Å². The van der Waals surface area contributed by atoms with E-state index >= 15 is 0 Å². The number of amides is 2. The van der Waals surface area contributed by atoms with Crippen molar-refractivity contribution in [3.05, 3.63) is 82.0 Å². The lowest BCUT2D eigenvalue weighted by molar-refractivity contribution is -0.117. The normalized spacial score (nSPS) is 15.1. The SMILES string of the molecule is CCNc1cc(C(=O)N[C@@H](Cc2ccccc2)[C@@H](O)CNCc2ccsc2)cc(N2CCCC2=O)c1. The highest BCUT2D eigenvalue weighted by Gasteiger charge is 2.25. The topological polar surface area (TPSA) is 93.7 Å². The van der Waals surface area contributed by atoms with Gasteiger partial charge in [0.15, 0.2) is 0 Å². The first kappa shape index (κ1) is 25.9. The maximum absolute atomic E-state index is 13.4. The molecule has 2 amide bonds. The average Bonchev–Trinajstić information content (AvgIpc) is 3.56. The van der Waals surface area contributed by atoms with Gasteiger partial charge in [0, 0.05) is 49.5 Å². The molecule has 0 unspecified atom stereocenters. The number of benzene rings is 2. The summed E-state index contributed by atoms with van der Waals surface area (Å²) in [6, 6.07) is 16.9. The van der Waals surface area contributed by atoms with Crippen LogP contribution in [-0.4, -0.2) is 48.7 Å². The number of hydrogen-bond donors (Lipinski definition) is 4. The molecule has 0 bridgehead atoms. The summed E-state index contributed by atoms with van der Waals surface area (Å²) in [4.78, 5) is 27.5. The fraction of sp³-hybridized carbons (Fsp3) is 0.357. The number of aliphatic hydroxyl groups excluding tert-OH is 1. The Morgan fingerprint density at radius 3 is 2.67 bits per heavy atom. The van der Waals surface area contributed by atoms with Gasteiger partial charge < -0.3 is 26.0 Å². The molecule has 1 saturated heterocycles. The predicted molar refractivity (Wildman–Crippen MR) is 146 cm³/mol. The molecule has 2 aromatic carbocycles. The second-order valence-electron chi connectivity index (χ2n) is 9.05. The third-order valence-corrected chi connectivity index (χ3v) is 7.02. The number of carbonyl (C=O) groups is 2. The fourth-order valence-corrected chi connectivity index (χ4v) is 5.10. The van der Waals surface area contributed by atoms with Crippen molar-refractivity contribution < 1.29 is 14.7 Å². The third kappa shape index (κ3) is 6.94. The highest BCUT2D eigenvalue weighted by molar-refractivity contribution is 7.07. The van der Waals surface area contributed by atoms with Crippen molar-refractivity contribution in [2.45, 2.75) is 44.9 Å². The van der Waals surface area contributed by atoms with Crippen LogP contribution in [0.25, 0.3) is 0 Å². The van der Waals surface area contributed by atoms with E-state index in [2.05, 4.69) is 21.3 Å². The van der Waals surface area contributed by atoms with Crippen molar-refractivity contribution >= 4 is 34.5 Å². The highest BCUT2D eigenvalue weighted by atomic mass is 32.1. The monoisotopic (exact) mass is 506 g/mol. The van der Waals surface area contributed by atoms with Gasteiger partial charge in [0.2, 0.25) is 5.91 Å². The summed E-state index contributed by atoms with van der Waals surface area (Å²) in [5.74, 6) is -0.204. The molecule has 36 heavy (non-hydrogen) atoms. The molecule has 4 N–H and O–H groups in total. The van der Waals surface area contributed by atoms with Gasteiger partial charge in [-0.05, 0) is 65.9 Å². The molecule has 7 nitrogen and oxygen atoms in total. The number of aliphatic hydroxyl groups is 1. The minimum atomic E-state index is -0.788. The van der Waals surface area contributed by atoms with Crippen LogP contribution in [0, 0.1) is 0 Å². The average molecular weight is 507 g/mol. The smallest absolute Gasteiger partial charge is 0.251 e. The first-order valence-electron chi connectivity index (χ1n) is 12.5. The molecule has 2 heterocycles. The largest absolute Gasteiger partial charge is 0.390 e. The summed E-state index contributed by atoms with van der Waals surface area (Å²) in [5.41, 5.74) is 4.17. The molecule has 1 aromatic heterocycles.